The summed E-state index contributed by atoms with van der Waals surface area (Å²) in [5.41, 5.74) is 1.32. The van der Waals surface area contributed by atoms with Crippen molar-refractivity contribution >= 4 is 11.8 Å². The third-order valence-corrected chi connectivity index (χ3v) is 4.72. The van der Waals surface area contributed by atoms with Gasteiger partial charge in [-0.05, 0) is 37.6 Å². The Morgan fingerprint density at radius 2 is 2.26 bits per heavy atom. The standard InChI is InChI=1S/C15H19NO2S/c1-16-15(11-5-4-8-17-9-11)13-10-19-14-7-3-2-6-12(14)18-13/h2-3,6-7,9,13,15-16H,4-5,8,10H2,1H3. The van der Waals surface area contributed by atoms with Crippen LogP contribution in [0.15, 0.2) is 41.0 Å². The summed E-state index contributed by atoms with van der Waals surface area (Å²) in [6.07, 6.45) is 4.27. The molecule has 2 aliphatic rings. The molecule has 0 saturated carbocycles. The zero-order chi connectivity index (χ0) is 13.1. The van der Waals surface area contributed by atoms with Gasteiger partial charge in [-0.2, -0.15) is 0 Å². The second-order valence-electron chi connectivity index (χ2n) is 4.85. The summed E-state index contributed by atoms with van der Waals surface area (Å²) in [7, 11) is 1.99. The minimum Gasteiger partial charge on any atom is -0.501 e. The molecule has 3 rings (SSSR count). The highest BCUT2D eigenvalue weighted by Crippen LogP contribution is 2.37. The summed E-state index contributed by atoms with van der Waals surface area (Å²) >= 11 is 1.87. The van der Waals surface area contributed by atoms with Gasteiger partial charge in [0.25, 0.3) is 0 Å². The van der Waals surface area contributed by atoms with Crippen molar-refractivity contribution in [2.75, 3.05) is 19.4 Å². The van der Waals surface area contributed by atoms with Crippen LogP contribution >= 0.6 is 11.8 Å². The molecule has 2 unspecified atom stereocenters. The molecular weight excluding hydrogens is 258 g/mol. The fourth-order valence-corrected chi connectivity index (χ4v) is 3.66. The average molecular weight is 277 g/mol. The summed E-state index contributed by atoms with van der Waals surface area (Å²) in [6.45, 7) is 0.836. The first-order valence-electron chi connectivity index (χ1n) is 6.75. The lowest BCUT2D eigenvalue weighted by atomic mass is 9.98. The van der Waals surface area contributed by atoms with Crippen LogP contribution in [0.4, 0.5) is 0 Å². The Bertz CT molecular complexity index is 475. The Kier molecular flexibility index (Phi) is 3.99. The number of ether oxygens (including phenoxy) is 2. The summed E-state index contributed by atoms with van der Waals surface area (Å²) in [5.74, 6) is 1.97. The third-order valence-electron chi connectivity index (χ3n) is 3.58. The third kappa shape index (κ3) is 2.74. The Balaban J connectivity index is 1.77. The van der Waals surface area contributed by atoms with E-state index in [0.717, 1.165) is 31.0 Å². The van der Waals surface area contributed by atoms with Crippen LogP contribution in [0.2, 0.25) is 0 Å². The predicted octanol–water partition coefficient (Wildman–Crippen LogP) is 2.82. The van der Waals surface area contributed by atoms with Crippen molar-refractivity contribution < 1.29 is 9.47 Å². The number of fused-ring (bicyclic) bond motifs is 1. The largest absolute Gasteiger partial charge is 0.501 e. The number of likely N-dealkylation sites (N-methyl/N-ethyl adjacent to an activating group) is 1. The van der Waals surface area contributed by atoms with E-state index in [0.29, 0.717) is 0 Å². The fourth-order valence-electron chi connectivity index (χ4n) is 2.62. The Morgan fingerprint density at radius 1 is 1.37 bits per heavy atom. The molecule has 102 valence electrons. The highest BCUT2D eigenvalue weighted by atomic mass is 32.2. The number of para-hydroxylation sites is 1. The van der Waals surface area contributed by atoms with E-state index in [4.69, 9.17) is 9.47 Å². The molecule has 0 amide bonds. The van der Waals surface area contributed by atoms with Crippen LogP contribution in [-0.2, 0) is 4.74 Å². The van der Waals surface area contributed by atoms with E-state index in [-0.39, 0.29) is 12.1 Å². The molecule has 0 bridgehead atoms. The Hall–Kier alpha value is -1.13. The highest BCUT2D eigenvalue weighted by molar-refractivity contribution is 7.99. The van der Waals surface area contributed by atoms with Crippen molar-refractivity contribution in [1.29, 1.82) is 0 Å². The number of nitrogens with one attached hydrogen (secondary N) is 1. The second kappa shape index (κ2) is 5.88. The zero-order valence-electron chi connectivity index (χ0n) is 11.1. The van der Waals surface area contributed by atoms with Gasteiger partial charge in [0.15, 0.2) is 0 Å². The number of thioether (sulfide) groups is 1. The van der Waals surface area contributed by atoms with Crippen molar-refractivity contribution in [3.8, 4) is 5.75 Å². The van der Waals surface area contributed by atoms with E-state index in [9.17, 15) is 0 Å². The molecule has 0 saturated heterocycles. The quantitative estimate of drug-likeness (QED) is 0.920. The van der Waals surface area contributed by atoms with Gasteiger partial charge in [0, 0.05) is 10.6 Å². The van der Waals surface area contributed by atoms with Gasteiger partial charge in [-0.3, -0.25) is 0 Å². The van der Waals surface area contributed by atoms with Crippen LogP contribution in [-0.4, -0.2) is 31.6 Å². The summed E-state index contributed by atoms with van der Waals surface area (Å²) in [5, 5.41) is 3.39. The fraction of sp³-hybridized carbons (Fsp3) is 0.467. The number of rotatable bonds is 3. The topological polar surface area (TPSA) is 30.5 Å². The minimum atomic E-state index is 0.165. The zero-order valence-corrected chi connectivity index (χ0v) is 11.9. The van der Waals surface area contributed by atoms with Gasteiger partial charge in [0.05, 0.1) is 18.9 Å². The van der Waals surface area contributed by atoms with Gasteiger partial charge < -0.3 is 14.8 Å². The molecule has 0 spiro atoms. The van der Waals surface area contributed by atoms with E-state index in [1.165, 1.54) is 10.5 Å². The number of hydrogen-bond acceptors (Lipinski definition) is 4. The lowest BCUT2D eigenvalue weighted by Crippen LogP contribution is -2.45. The van der Waals surface area contributed by atoms with E-state index in [1.54, 1.807) is 0 Å². The molecule has 1 aromatic carbocycles. The normalized spacial score (nSPS) is 23.6. The molecule has 0 aliphatic carbocycles. The van der Waals surface area contributed by atoms with E-state index in [1.807, 2.05) is 37.2 Å². The first-order valence-corrected chi connectivity index (χ1v) is 7.73. The molecule has 0 radical (unpaired) electrons. The average Bonchev–Trinajstić information content (AvgIpc) is 2.49. The van der Waals surface area contributed by atoms with Gasteiger partial charge in [0.1, 0.15) is 11.9 Å². The molecule has 4 heteroatoms. The van der Waals surface area contributed by atoms with Crippen LogP contribution < -0.4 is 10.1 Å². The van der Waals surface area contributed by atoms with Crippen molar-refractivity contribution in [2.45, 2.75) is 29.9 Å². The SMILES string of the molecule is CNC(C1=COCCC1)C1CSc2ccccc2O1. The molecule has 19 heavy (non-hydrogen) atoms. The highest BCUT2D eigenvalue weighted by Gasteiger charge is 2.30. The van der Waals surface area contributed by atoms with Gasteiger partial charge in [-0.1, -0.05) is 12.1 Å². The van der Waals surface area contributed by atoms with E-state index < -0.39 is 0 Å². The maximum absolute atomic E-state index is 6.16. The molecule has 0 fully saturated rings. The van der Waals surface area contributed by atoms with Crippen molar-refractivity contribution in [3.05, 3.63) is 36.1 Å². The molecule has 1 N–H and O–H groups in total. The summed E-state index contributed by atoms with van der Waals surface area (Å²) < 4.78 is 11.6. The van der Waals surface area contributed by atoms with E-state index >= 15 is 0 Å². The van der Waals surface area contributed by atoms with Gasteiger partial charge in [-0.15, -0.1) is 11.8 Å². The Morgan fingerprint density at radius 3 is 3.05 bits per heavy atom. The number of hydrogen-bond donors (Lipinski definition) is 1. The molecule has 3 nitrogen and oxygen atoms in total. The molecule has 2 aliphatic heterocycles. The van der Waals surface area contributed by atoms with Crippen LogP contribution in [0.5, 0.6) is 5.75 Å². The number of benzene rings is 1. The van der Waals surface area contributed by atoms with Gasteiger partial charge in [-0.25, -0.2) is 0 Å². The maximum Gasteiger partial charge on any atom is 0.133 e. The first kappa shape index (κ1) is 12.9. The van der Waals surface area contributed by atoms with Crippen LogP contribution in [0.25, 0.3) is 0 Å². The van der Waals surface area contributed by atoms with Crippen LogP contribution in [0.1, 0.15) is 12.8 Å². The first-order chi connectivity index (χ1) is 9.38. The van der Waals surface area contributed by atoms with Crippen molar-refractivity contribution in [3.63, 3.8) is 0 Å². The monoisotopic (exact) mass is 277 g/mol. The van der Waals surface area contributed by atoms with E-state index in [2.05, 4.69) is 17.4 Å². The lowest BCUT2D eigenvalue weighted by molar-refractivity contribution is 0.167. The molecule has 2 heterocycles. The summed E-state index contributed by atoms with van der Waals surface area (Å²) in [4.78, 5) is 1.24. The van der Waals surface area contributed by atoms with Crippen LogP contribution in [0.3, 0.4) is 0 Å². The van der Waals surface area contributed by atoms with Crippen molar-refractivity contribution in [1.82, 2.24) is 5.32 Å². The molecule has 2 atom stereocenters. The van der Waals surface area contributed by atoms with Crippen molar-refractivity contribution in [2.24, 2.45) is 0 Å². The predicted molar refractivity (Wildman–Crippen MR) is 77.7 cm³/mol. The molecule has 1 aromatic rings. The molecule has 0 aromatic heterocycles. The minimum absolute atomic E-state index is 0.165. The molecular formula is C15H19NO2S. The van der Waals surface area contributed by atoms with Gasteiger partial charge >= 0.3 is 0 Å². The van der Waals surface area contributed by atoms with Gasteiger partial charge in [0.2, 0.25) is 0 Å². The van der Waals surface area contributed by atoms with Crippen LogP contribution in [0, 0.1) is 0 Å². The smallest absolute Gasteiger partial charge is 0.133 e. The second-order valence-corrected chi connectivity index (χ2v) is 5.91. The maximum atomic E-state index is 6.16. The lowest BCUT2D eigenvalue weighted by Gasteiger charge is -2.33. The summed E-state index contributed by atoms with van der Waals surface area (Å²) in [6, 6.07) is 8.49. The Labute approximate surface area is 118 Å².